The number of aliphatic carboxylic acids is 1. The van der Waals surface area contributed by atoms with Gasteiger partial charge in [0.25, 0.3) is 5.91 Å². The SMILES string of the molecule is O=C(CN1CCC[C@H]1C(=O)O)Nc1ccccc1C(=O)Nc1ccccc1. The van der Waals surface area contributed by atoms with E-state index in [9.17, 15) is 19.5 Å². The molecule has 0 saturated carbocycles. The molecule has 7 nitrogen and oxygen atoms in total. The van der Waals surface area contributed by atoms with Crippen LogP contribution in [0.3, 0.4) is 0 Å². The molecule has 27 heavy (non-hydrogen) atoms. The topological polar surface area (TPSA) is 98.7 Å². The van der Waals surface area contributed by atoms with Crippen molar-refractivity contribution in [2.75, 3.05) is 23.7 Å². The number of carbonyl (C=O) groups is 3. The summed E-state index contributed by atoms with van der Waals surface area (Å²) in [5.74, 6) is -1.59. The summed E-state index contributed by atoms with van der Waals surface area (Å²) in [6, 6.07) is 15.1. The Morgan fingerprint density at radius 1 is 1.00 bits per heavy atom. The predicted octanol–water partition coefficient (Wildman–Crippen LogP) is 2.43. The molecule has 7 heteroatoms. The van der Waals surface area contributed by atoms with Crippen molar-refractivity contribution in [3.05, 3.63) is 60.2 Å². The van der Waals surface area contributed by atoms with Crippen LogP contribution in [0, 0.1) is 0 Å². The third-order valence-electron chi connectivity index (χ3n) is 4.47. The van der Waals surface area contributed by atoms with Crippen LogP contribution >= 0.6 is 0 Å². The number of anilines is 2. The first kappa shape index (κ1) is 18.6. The van der Waals surface area contributed by atoms with Gasteiger partial charge in [-0.05, 0) is 43.7 Å². The molecule has 0 unspecified atom stereocenters. The van der Waals surface area contributed by atoms with Gasteiger partial charge in [-0.15, -0.1) is 0 Å². The normalized spacial score (nSPS) is 16.7. The van der Waals surface area contributed by atoms with Crippen LogP contribution in [0.5, 0.6) is 0 Å². The lowest BCUT2D eigenvalue weighted by Crippen LogP contribution is -2.41. The van der Waals surface area contributed by atoms with Gasteiger partial charge >= 0.3 is 5.97 Å². The molecule has 0 bridgehead atoms. The van der Waals surface area contributed by atoms with Gasteiger partial charge in [0.15, 0.2) is 0 Å². The second kappa shape index (κ2) is 8.46. The smallest absolute Gasteiger partial charge is 0.320 e. The number of carboxylic acid groups (broad SMARTS) is 1. The Morgan fingerprint density at radius 2 is 1.70 bits per heavy atom. The molecule has 1 heterocycles. The maximum Gasteiger partial charge on any atom is 0.320 e. The molecular formula is C20H21N3O4. The van der Waals surface area contributed by atoms with Crippen LogP contribution in [-0.2, 0) is 9.59 Å². The third kappa shape index (κ3) is 4.71. The van der Waals surface area contributed by atoms with E-state index in [0.717, 1.165) is 6.42 Å². The first-order valence-electron chi connectivity index (χ1n) is 8.77. The van der Waals surface area contributed by atoms with Crippen molar-refractivity contribution in [2.45, 2.75) is 18.9 Å². The first-order valence-corrected chi connectivity index (χ1v) is 8.77. The molecule has 1 saturated heterocycles. The molecule has 0 spiro atoms. The number of carbonyl (C=O) groups excluding carboxylic acids is 2. The van der Waals surface area contributed by atoms with E-state index >= 15 is 0 Å². The van der Waals surface area contributed by atoms with Crippen LogP contribution in [0.4, 0.5) is 11.4 Å². The summed E-state index contributed by atoms with van der Waals surface area (Å²) in [7, 11) is 0. The standard InChI is InChI=1S/C20H21N3O4/c24-18(13-23-12-6-11-17(23)20(26)27)22-16-10-5-4-9-15(16)19(25)21-14-7-2-1-3-8-14/h1-5,7-10,17H,6,11-13H2,(H,21,25)(H,22,24)(H,26,27)/t17-/m0/s1. The minimum atomic E-state index is -0.914. The lowest BCUT2D eigenvalue weighted by atomic mass is 10.1. The zero-order chi connectivity index (χ0) is 19.2. The predicted molar refractivity (Wildman–Crippen MR) is 102 cm³/mol. The number of carboxylic acids is 1. The number of hydrogen-bond donors (Lipinski definition) is 3. The molecule has 3 rings (SSSR count). The fourth-order valence-corrected chi connectivity index (χ4v) is 3.18. The van der Waals surface area contributed by atoms with Crippen molar-refractivity contribution in [3.63, 3.8) is 0 Å². The number of para-hydroxylation sites is 2. The van der Waals surface area contributed by atoms with E-state index in [-0.39, 0.29) is 18.4 Å². The van der Waals surface area contributed by atoms with E-state index in [4.69, 9.17) is 0 Å². The summed E-state index contributed by atoms with van der Waals surface area (Å²) in [4.78, 5) is 37.8. The molecule has 1 atom stereocenters. The Morgan fingerprint density at radius 3 is 2.44 bits per heavy atom. The summed E-state index contributed by atoms with van der Waals surface area (Å²) in [5, 5.41) is 14.7. The van der Waals surface area contributed by atoms with E-state index in [0.29, 0.717) is 29.9 Å². The highest BCUT2D eigenvalue weighted by molar-refractivity contribution is 6.10. The average molecular weight is 367 g/mol. The van der Waals surface area contributed by atoms with Gasteiger partial charge in [-0.25, -0.2) is 0 Å². The second-order valence-electron chi connectivity index (χ2n) is 6.38. The molecule has 1 aliphatic heterocycles. The number of rotatable bonds is 6. The van der Waals surface area contributed by atoms with Crippen LogP contribution in [0.1, 0.15) is 23.2 Å². The molecule has 2 aromatic carbocycles. The molecular weight excluding hydrogens is 346 g/mol. The molecule has 2 amide bonds. The Balaban J connectivity index is 1.67. The Labute approximate surface area is 157 Å². The maximum atomic E-state index is 12.6. The highest BCUT2D eigenvalue weighted by Gasteiger charge is 2.31. The van der Waals surface area contributed by atoms with Crippen LogP contribution in [0.2, 0.25) is 0 Å². The maximum absolute atomic E-state index is 12.6. The minimum Gasteiger partial charge on any atom is -0.480 e. The summed E-state index contributed by atoms with van der Waals surface area (Å²) in [5.41, 5.74) is 1.39. The largest absolute Gasteiger partial charge is 0.480 e. The molecule has 0 aliphatic carbocycles. The van der Waals surface area contributed by atoms with E-state index < -0.39 is 12.0 Å². The van der Waals surface area contributed by atoms with E-state index in [1.165, 1.54) is 0 Å². The summed E-state index contributed by atoms with van der Waals surface area (Å²) < 4.78 is 0. The van der Waals surface area contributed by atoms with Crippen LogP contribution in [-0.4, -0.2) is 46.9 Å². The van der Waals surface area contributed by atoms with Crippen molar-refractivity contribution in [1.29, 1.82) is 0 Å². The first-order chi connectivity index (χ1) is 13.0. The van der Waals surface area contributed by atoms with Gasteiger partial charge in [-0.2, -0.15) is 0 Å². The van der Waals surface area contributed by atoms with Crippen LogP contribution < -0.4 is 10.6 Å². The van der Waals surface area contributed by atoms with Crippen LogP contribution in [0.25, 0.3) is 0 Å². The number of benzene rings is 2. The average Bonchev–Trinajstić information content (AvgIpc) is 3.11. The highest BCUT2D eigenvalue weighted by Crippen LogP contribution is 2.19. The van der Waals surface area contributed by atoms with Gasteiger partial charge < -0.3 is 15.7 Å². The van der Waals surface area contributed by atoms with Gasteiger partial charge in [0, 0.05) is 5.69 Å². The van der Waals surface area contributed by atoms with Gasteiger partial charge in [0.05, 0.1) is 17.8 Å². The summed E-state index contributed by atoms with van der Waals surface area (Å²) in [6.07, 6.45) is 1.29. The molecule has 0 radical (unpaired) electrons. The van der Waals surface area contributed by atoms with Crippen LogP contribution in [0.15, 0.2) is 54.6 Å². The monoisotopic (exact) mass is 367 g/mol. The number of nitrogens with zero attached hydrogens (tertiary/aromatic N) is 1. The Hall–Kier alpha value is -3.19. The fraction of sp³-hybridized carbons (Fsp3) is 0.250. The lowest BCUT2D eigenvalue weighted by Gasteiger charge is -2.20. The number of nitrogens with one attached hydrogen (secondary N) is 2. The molecule has 1 aliphatic rings. The van der Waals surface area contributed by atoms with Gasteiger partial charge in [0.1, 0.15) is 6.04 Å². The zero-order valence-electron chi connectivity index (χ0n) is 14.7. The van der Waals surface area contributed by atoms with Crippen molar-refractivity contribution in [3.8, 4) is 0 Å². The molecule has 140 valence electrons. The third-order valence-corrected chi connectivity index (χ3v) is 4.47. The minimum absolute atomic E-state index is 0.0222. The van der Waals surface area contributed by atoms with E-state index in [1.807, 2.05) is 18.2 Å². The zero-order valence-corrected chi connectivity index (χ0v) is 14.7. The number of hydrogen-bond acceptors (Lipinski definition) is 4. The van der Waals surface area contributed by atoms with E-state index in [2.05, 4.69) is 10.6 Å². The molecule has 1 fully saturated rings. The summed E-state index contributed by atoms with van der Waals surface area (Å²) >= 11 is 0. The highest BCUT2D eigenvalue weighted by atomic mass is 16.4. The van der Waals surface area contributed by atoms with Gasteiger partial charge in [0.2, 0.25) is 5.91 Å². The van der Waals surface area contributed by atoms with Gasteiger partial charge in [-0.1, -0.05) is 30.3 Å². The summed E-state index contributed by atoms with van der Waals surface area (Å²) in [6.45, 7) is 0.548. The number of amides is 2. The van der Waals surface area contributed by atoms with Gasteiger partial charge in [-0.3, -0.25) is 19.3 Å². The van der Waals surface area contributed by atoms with Crippen molar-refractivity contribution in [1.82, 2.24) is 4.90 Å². The fourth-order valence-electron chi connectivity index (χ4n) is 3.18. The Kier molecular flexibility index (Phi) is 5.83. The lowest BCUT2D eigenvalue weighted by molar-refractivity contribution is -0.142. The quantitative estimate of drug-likeness (QED) is 0.728. The van der Waals surface area contributed by atoms with Crippen molar-refractivity contribution >= 4 is 29.2 Å². The number of likely N-dealkylation sites (tertiary alicyclic amines) is 1. The molecule has 0 aromatic heterocycles. The molecule has 3 N–H and O–H groups in total. The van der Waals surface area contributed by atoms with Crippen molar-refractivity contribution in [2.24, 2.45) is 0 Å². The second-order valence-corrected chi connectivity index (χ2v) is 6.38. The van der Waals surface area contributed by atoms with E-state index in [1.54, 1.807) is 41.3 Å². The molecule has 2 aromatic rings. The van der Waals surface area contributed by atoms with Crippen molar-refractivity contribution < 1.29 is 19.5 Å². The Bertz CT molecular complexity index is 838.